The fourth-order valence-corrected chi connectivity index (χ4v) is 1.72. The number of benzene rings is 1. The number of carbonyl (C=O) groups excluding carboxylic acids is 1. The van der Waals surface area contributed by atoms with Crippen molar-refractivity contribution >= 4 is 17.4 Å². The van der Waals surface area contributed by atoms with Gasteiger partial charge in [-0.15, -0.1) is 0 Å². The normalized spacial score (nSPS) is 10.2. The second-order valence-electron chi connectivity index (χ2n) is 4.29. The molecule has 5 nitrogen and oxygen atoms in total. The molecule has 0 aliphatic rings. The van der Waals surface area contributed by atoms with Crippen LogP contribution in [0.5, 0.6) is 5.75 Å². The van der Waals surface area contributed by atoms with Gasteiger partial charge in [0.05, 0.1) is 0 Å². The second-order valence-corrected chi connectivity index (χ2v) is 4.29. The maximum Gasteiger partial charge on any atom is 0.257 e. The molecule has 2 aromatic rings. The smallest absolute Gasteiger partial charge is 0.257 e. The van der Waals surface area contributed by atoms with Gasteiger partial charge in [-0.05, 0) is 43.7 Å². The maximum absolute atomic E-state index is 12.1. The van der Waals surface area contributed by atoms with E-state index in [9.17, 15) is 9.90 Å². The Hall–Kier alpha value is -2.56. The van der Waals surface area contributed by atoms with Crippen LogP contribution in [0.25, 0.3) is 0 Å². The number of hydrogen-bond donors (Lipinski definition) is 3. The third-order valence-corrected chi connectivity index (χ3v) is 2.87. The summed E-state index contributed by atoms with van der Waals surface area (Å²) in [4.78, 5) is 16.2. The average molecular weight is 257 g/mol. The number of nitrogens with one attached hydrogen (secondary N) is 1. The van der Waals surface area contributed by atoms with Crippen molar-refractivity contribution in [2.75, 3.05) is 11.1 Å². The maximum atomic E-state index is 12.1. The first-order valence-electron chi connectivity index (χ1n) is 5.82. The van der Waals surface area contributed by atoms with Crippen LogP contribution in [-0.4, -0.2) is 16.0 Å². The fraction of sp³-hybridized carbons (Fsp3) is 0.143. The van der Waals surface area contributed by atoms with Gasteiger partial charge in [0.1, 0.15) is 0 Å². The summed E-state index contributed by atoms with van der Waals surface area (Å²) in [6.45, 7) is 3.55. The molecule has 0 aliphatic carbocycles. The standard InChI is InChI=1S/C14H15N3O2/c1-8-6-7-12(18)13(16-8)17-14(19)10-4-3-5-11(15)9(10)2/h3-7,18H,15H2,1-2H3,(H,16,17,19). The van der Waals surface area contributed by atoms with E-state index in [-0.39, 0.29) is 17.5 Å². The number of aryl methyl sites for hydroxylation is 1. The van der Waals surface area contributed by atoms with E-state index in [1.807, 2.05) is 0 Å². The highest BCUT2D eigenvalue weighted by Gasteiger charge is 2.13. The zero-order valence-corrected chi connectivity index (χ0v) is 10.8. The lowest BCUT2D eigenvalue weighted by molar-refractivity contribution is 0.102. The van der Waals surface area contributed by atoms with Gasteiger partial charge >= 0.3 is 0 Å². The van der Waals surface area contributed by atoms with Crippen LogP contribution in [0.3, 0.4) is 0 Å². The molecule has 1 aromatic carbocycles. The molecule has 1 heterocycles. The zero-order chi connectivity index (χ0) is 14.0. The first-order chi connectivity index (χ1) is 8.99. The van der Waals surface area contributed by atoms with Crippen LogP contribution >= 0.6 is 0 Å². The summed E-state index contributed by atoms with van der Waals surface area (Å²) in [7, 11) is 0. The Bertz CT molecular complexity index is 639. The zero-order valence-electron chi connectivity index (χ0n) is 10.8. The van der Waals surface area contributed by atoms with E-state index in [0.717, 1.165) is 0 Å². The third kappa shape index (κ3) is 2.65. The minimum absolute atomic E-state index is 0.0690. The molecule has 98 valence electrons. The molecule has 0 spiro atoms. The first kappa shape index (κ1) is 12.9. The van der Waals surface area contributed by atoms with Gasteiger partial charge in [0.25, 0.3) is 5.91 Å². The molecule has 0 fully saturated rings. The van der Waals surface area contributed by atoms with Crippen molar-refractivity contribution in [1.29, 1.82) is 0 Å². The van der Waals surface area contributed by atoms with Crippen LogP contribution in [0.2, 0.25) is 0 Å². The number of nitrogen functional groups attached to an aromatic ring is 1. The number of hydrogen-bond acceptors (Lipinski definition) is 4. The first-order valence-corrected chi connectivity index (χ1v) is 5.82. The van der Waals surface area contributed by atoms with Crippen molar-refractivity contribution in [1.82, 2.24) is 4.98 Å². The fourth-order valence-electron chi connectivity index (χ4n) is 1.72. The molecule has 0 saturated heterocycles. The van der Waals surface area contributed by atoms with Crippen molar-refractivity contribution in [3.8, 4) is 5.75 Å². The number of rotatable bonds is 2. The van der Waals surface area contributed by atoms with Gasteiger partial charge in [-0.25, -0.2) is 4.98 Å². The molecule has 1 amide bonds. The third-order valence-electron chi connectivity index (χ3n) is 2.87. The van der Waals surface area contributed by atoms with Crippen molar-refractivity contribution < 1.29 is 9.90 Å². The molecule has 1 aromatic heterocycles. The molecule has 0 radical (unpaired) electrons. The number of aromatic hydroxyl groups is 1. The summed E-state index contributed by atoms with van der Waals surface area (Å²) in [6.07, 6.45) is 0. The highest BCUT2D eigenvalue weighted by atomic mass is 16.3. The summed E-state index contributed by atoms with van der Waals surface area (Å²) in [5.41, 5.74) is 8.18. The summed E-state index contributed by atoms with van der Waals surface area (Å²) >= 11 is 0. The van der Waals surface area contributed by atoms with Gasteiger partial charge in [-0.3, -0.25) is 4.79 Å². The Morgan fingerprint density at radius 3 is 2.74 bits per heavy atom. The van der Waals surface area contributed by atoms with Gasteiger partial charge in [0, 0.05) is 16.9 Å². The minimum atomic E-state index is -0.349. The van der Waals surface area contributed by atoms with Crippen molar-refractivity contribution in [3.63, 3.8) is 0 Å². The number of nitrogens with two attached hydrogens (primary N) is 1. The molecule has 0 aliphatic heterocycles. The molecule has 0 saturated carbocycles. The Kier molecular flexibility index (Phi) is 3.37. The molecule has 4 N–H and O–H groups in total. The molecular formula is C14H15N3O2. The monoisotopic (exact) mass is 257 g/mol. The molecule has 5 heteroatoms. The summed E-state index contributed by atoms with van der Waals surface area (Å²) in [5, 5.41) is 12.2. The van der Waals surface area contributed by atoms with Crippen LogP contribution in [0.15, 0.2) is 30.3 Å². The largest absolute Gasteiger partial charge is 0.504 e. The van der Waals surface area contributed by atoms with Crippen LogP contribution in [0, 0.1) is 13.8 Å². The van der Waals surface area contributed by atoms with Crippen molar-refractivity contribution in [3.05, 3.63) is 47.2 Å². The van der Waals surface area contributed by atoms with Crippen LogP contribution in [0.4, 0.5) is 11.5 Å². The Morgan fingerprint density at radius 2 is 2.00 bits per heavy atom. The SMILES string of the molecule is Cc1ccc(O)c(NC(=O)c2cccc(N)c2C)n1. The Balaban J connectivity index is 2.31. The van der Waals surface area contributed by atoms with E-state index < -0.39 is 0 Å². The van der Waals surface area contributed by atoms with Gasteiger partial charge in [0.2, 0.25) is 0 Å². The molecule has 0 bridgehead atoms. The van der Waals surface area contributed by atoms with E-state index >= 15 is 0 Å². The number of pyridine rings is 1. The van der Waals surface area contributed by atoms with E-state index in [4.69, 9.17) is 5.73 Å². The number of aromatic nitrogens is 1. The van der Waals surface area contributed by atoms with Crippen LogP contribution in [0.1, 0.15) is 21.6 Å². The number of carbonyl (C=O) groups is 1. The molecule has 2 rings (SSSR count). The summed E-state index contributed by atoms with van der Waals surface area (Å²) < 4.78 is 0. The predicted octanol–water partition coefficient (Wildman–Crippen LogP) is 2.24. The van der Waals surface area contributed by atoms with Gasteiger partial charge in [-0.2, -0.15) is 0 Å². The lowest BCUT2D eigenvalue weighted by Crippen LogP contribution is -2.15. The van der Waals surface area contributed by atoms with E-state index in [1.54, 1.807) is 38.1 Å². The van der Waals surface area contributed by atoms with Gasteiger partial charge in [-0.1, -0.05) is 6.07 Å². The Morgan fingerprint density at radius 1 is 1.26 bits per heavy atom. The van der Waals surface area contributed by atoms with E-state index in [0.29, 0.717) is 22.5 Å². The molecule has 0 unspecified atom stereocenters. The van der Waals surface area contributed by atoms with E-state index in [1.165, 1.54) is 6.07 Å². The van der Waals surface area contributed by atoms with Crippen molar-refractivity contribution in [2.24, 2.45) is 0 Å². The number of nitrogens with zero attached hydrogens (tertiary/aromatic N) is 1. The number of amides is 1. The van der Waals surface area contributed by atoms with Crippen molar-refractivity contribution in [2.45, 2.75) is 13.8 Å². The van der Waals surface area contributed by atoms with Crippen LogP contribution in [-0.2, 0) is 0 Å². The minimum Gasteiger partial charge on any atom is -0.504 e. The summed E-state index contributed by atoms with van der Waals surface area (Å²) in [6, 6.07) is 8.27. The highest BCUT2D eigenvalue weighted by molar-refractivity contribution is 6.06. The molecule has 19 heavy (non-hydrogen) atoms. The molecular weight excluding hydrogens is 242 g/mol. The van der Waals surface area contributed by atoms with E-state index in [2.05, 4.69) is 10.3 Å². The lowest BCUT2D eigenvalue weighted by Gasteiger charge is -2.10. The topological polar surface area (TPSA) is 88.2 Å². The Labute approximate surface area is 111 Å². The predicted molar refractivity (Wildman–Crippen MR) is 74.2 cm³/mol. The number of anilines is 2. The quantitative estimate of drug-likeness (QED) is 0.720. The highest BCUT2D eigenvalue weighted by Crippen LogP contribution is 2.22. The molecule has 0 atom stereocenters. The van der Waals surface area contributed by atoms with Gasteiger partial charge in [0.15, 0.2) is 11.6 Å². The van der Waals surface area contributed by atoms with Gasteiger partial charge < -0.3 is 16.2 Å². The second kappa shape index (κ2) is 4.97. The lowest BCUT2D eigenvalue weighted by atomic mass is 10.1. The average Bonchev–Trinajstić information content (AvgIpc) is 2.37. The van der Waals surface area contributed by atoms with Crippen LogP contribution < -0.4 is 11.1 Å². The summed E-state index contributed by atoms with van der Waals surface area (Å²) in [5.74, 6) is -0.273.